The van der Waals surface area contributed by atoms with Crippen LogP contribution in [0.3, 0.4) is 0 Å². The van der Waals surface area contributed by atoms with Crippen molar-refractivity contribution in [3.63, 3.8) is 0 Å². The molecule has 2 aromatic rings. The lowest BCUT2D eigenvalue weighted by Crippen LogP contribution is -2.00. The van der Waals surface area contributed by atoms with E-state index in [1.54, 1.807) is 25.1 Å². The van der Waals surface area contributed by atoms with Gasteiger partial charge in [0.15, 0.2) is 0 Å². The molecule has 1 aromatic carbocycles. The Morgan fingerprint density at radius 1 is 1.47 bits per heavy atom. The Balaban J connectivity index is 2.49. The highest BCUT2D eigenvalue weighted by Crippen LogP contribution is 2.21. The zero-order chi connectivity index (χ0) is 12.4. The van der Waals surface area contributed by atoms with Crippen LogP contribution >= 0.6 is 0 Å². The first kappa shape index (κ1) is 11.2. The molecule has 0 aliphatic heterocycles. The van der Waals surface area contributed by atoms with Crippen molar-refractivity contribution in [1.82, 2.24) is 15.0 Å². The minimum atomic E-state index is -0.758. The van der Waals surface area contributed by atoms with Gasteiger partial charge in [0.05, 0.1) is 17.2 Å². The highest BCUT2D eigenvalue weighted by Gasteiger charge is 2.16. The lowest BCUT2D eigenvalue weighted by molar-refractivity contribution is -0.384. The fourth-order valence-corrected chi connectivity index (χ4v) is 1.40. The molecule has 1 unspecified atom stereocenters. The summed E-state index contributed by atoms with van der Waals surface area (Å²) >= 11 is 0. The molecule has 0 saturated heterocycles. The average Bonchev–Trinajstić information content (AvgIpc) is 2.78. The largest absolute Gasteiger partial charge is 0.387 e. The summed E-state index contributed by atoms with van der Waals surface area (Å²) in [7, 11) is 0. The Bertz CT molecular complexity index is 550. The first-order chi connectivity index (χ1) is 8.09. The third kappa shape index (κ3) is 2.13. The van der Waals surface area contributed by atoms with Crippen molar-refractivity contribution < 1.29 is 10.0 Å². The molecule has 0 saturated carbocycles. The molecule has 0 radical (unpaired) electrons. The number of para-hydroxylation sites is 2. The molecule has 7 heteroatoms. The topological polar surface area (TPSA) is 94.1 Å². The van der Waals surface area contributed by atoms with Crippen LogP contribution in [0.5, 0.6) is 0 Å². The molecule has 0 fully saturated rings. The van der Waals surface area contributed by atoms with Gasteiger partial charge in [0.25, 0.3) is 5.69 Å². The molecule has 0 aliphatic carbocycles. The minimum absolute atomic E-state index is 0.0606. The third-order valence-corrected chi connectivity index (χ3v) is 2.26. The molecule has 0 amide bonds. The zero-order valence-electron chi connectivity index (χ0n) is 9.02. The molecule has 1 heterocycles. The van der Waals surface area contributed by atoms with E-state index in [0.717, 1.165) is 0 Å². The van der Waals surface area contributed by atoms with Crippen molar-refractivity contribution in [2.75, 3.05) is 0 Å². The van der Waals surface area contributed by atoms with Gasteiger partial charge in [-0.15, -0.1) is 5.10 Å². The molecule has 7 nitrogen and oxygen atoms in total. The Morgan fingerprint density at radius 2 is 2.18 bits per heavy atom. The number of benzene rings is 1. The number of aromatic nitrogens is 3. The van der Waals surface area contributed by atoms with E-state index in [4.69, 9.17) is 0 Å². The summed E-state index contributed by atoms with van der Waals surface area (Å²) in [6.45, 7) is 1.55. The molecule has 1 N–H and O–H groups in total. The van der Waals surface area contributed by atoms with Crippen LogP contribution in [0, 0.1) is 10.1 Å². The summed E-state index contributed by atoms with van der Waals surface area (Å²) in [6.07, 6.45) is 0.707. The second kappa shape index (κ2) is 4.30. The smallest absolute Gasteiger partial charge is 0.294 e. The summed E-state index contributed by atoms with van der Waals surface area (Å²) in [4.78, 5) is 10.3. The first-order valence-electron chi connectivity index (χ1n) is 4.93. The second-order valence-corrected chi connectivity index (χ2v) is 3.51. The maximum Gasteiger partial charge on any atom is 0.294 e. The van der Waals surface area contributed by atoms with Gasteiger partial charge in [0.1, 0.15) is 11.4 Å². The predicted octanol–water partition coefficient (Wildman–Crippen LogP) is 1.23. The monoisotopic (exact) mass is 234 g/mol. The average molecular weight is 234 g/mol. The van der Waals surface area contributed by atoms with Crippen LogP contribution in [-0.2, 0) is 0 Å². The SMILES string of the molecule is CC(O)c1cn(-c2ccccc2[N+](=O)[O-])nn1. The fourth-order valence-electron chi connectivity index (χ4n) is 1.40. The molecule has 1 aromatic heterocycles. The predicted molar refractivity (Wildman–Crippen MR) is 58.6 cm³/mol. The lowest BCUT2D eigenvalue weighted by atomic mass is 10.2. The molecular weight excluding hydrogens is 224 g/mol. The summed E-state index contributed by atoms with van der Waals surface area (Å²) in [5, 5.41) is 27.6. The van der Waals surface area contributed by atoms with Gasteiger partial charge in [0, 0.05) is 6.07 Å². The van der Waals surface area contributed by atoms with Crippen molar-refractivity contribution in [3.8, 4) is 5.69 Å². The fraction of sp³-hybridized carbons (Fsp3) is 0.200. The van der Waals surface area contributed by atoms with Gasteiger partial charge >= 0.3 is 0 Å². The van der Waals surface area contributed by atoms with E-state index < -0.39 is 11.0 Å². The van der Waals surface area contributed by atoms with Crippen LogP contribution in [0.2, 0.25) is 0 Å². The van der Waals surface area contributed by atoms with Crippen LogP contribution in [0.4, 0.5) is 5.69 Å². The van der Waals surface area contributed by atoms with Gasteiger partial charge in [-0.3, -0.25) is 10.1 Å². The molecule has 2 rings (SSSR count). The van der Waals surface area contributed by atoms with Crippen molar-refractivity contribution in [2.45, 2.75) is 13.0 Å². The summed E-state index contributed by atoms with van der Waals surface area (Å²) < 4.78 is 1.28. The zero-order valence-corrected chi connectivity index (χ0v) is 9.02. The number of aliphatic hydroxyl groups is 1. The number of hydrogen-bond acceptors (Lipinski definition) is 5. The maximum absolute atomic E-state index is 10.8. The summed E-state index contributed by atoms with van der Waals surface area (Å²) in [6, 6.07) is 6.21. The van der Waals surface area contributed by atoms with E-state index >= 15 is 0 Å². The Morgan fingerprint density at radius 3 is 2.76 bits per heavy atom. The molecule has 0 spiro atoms. The van der Waals surface area contributed by atoms with Crippen molar-refractivity contribution in [3.05, 3.63) is 46.3 Å². The van der Waals surface area contributed by atoms with E-state index in [1.807, 2.05) is 0 Å². The van der Waals surface area contributed by atoms with Gasteiger partial charge in [-0.2, -0.15) is 0 Å². The van der Waals surface area contributed by atoms with Crippen molar-refractivity contribution >= 4 is 5.69 Å². The summed E-state index contributed by atoms with van der Waals surface area (Å²) in [5.41, 5.74) is 0.620. The van der Waals surface area contributed by atoms with Crippen LogP contribution in [0.15, 0.2) is 30.5 Å². The minimum Gasteiger partial charge on any atom is -0.387 e. The number of aliphatic hydroxyl groups excluding tert-OH is 1. The highest BCUT2D eigenvalue weighted by molar-refractivity contribution is 5.51. The van der Waals surface area contributed by atoms with Crippen LogP contribution < -0.4 is 0 Å². The quantitative estimate of drug-likeness (QED) is 0.636. The van der Waals surface area contributed by atoms with Gasteiger partial charge in [-0.25, -0.2) is 4.68 Å². The number of rotatable bonds is 3. The molecule has 0 aliphatic rings. The lowest BCUT2D eigenvalue weighted by Gasteiger charge is -2.00. The molecular formula is C10H10N4O3. The molecule has 1 atom stereocenters. The number of nitrogens with zero attached hydrogens (tertiary/aromatic N) is 4. The third-order valence-electron chi connectivity index (χ3n) is 2.26. The molecule has 88 valence electrons. The highest BCUT2D eigenvalue weighted by atomic mass is 16.6. The van der Waals surface area contributed by atoms with Gasteiger partial charge in [-0.05, 0) is 13.0 Å². The van der Waals surface area contributed by atoms with E-state index in [1.165, 1.54) is 16.9 Å². The van der Waals surface area contributed by atoms with Crippen molar-refractivity contribution in [2.24, 2.45) is 0 Å². The van der Waals surface area contributed by atoms with Crippen molar-refractivity contribution in [1.29, 1.82) is 0 Å². The van der Waals surface area contributed by atoms with E-state index in [9.17, 15) is 15.2 Å². The maximum atomic E-state index is 10.8. The number of nitro groups is 1. The second-order valence-electron chi connectivity index (χ2n) is 3.51. The van der Waals surface area contributed by atoms with Crippen LogP contribution in [0.25, 0.3) is 5.69 Å². The van der Waals surface area contributed by atoms with E-state index in [-0.39, 0.29) is 5.69 Å². The number of nitro benzene ring substituents is 1. The Hall–Kier alpha value is -2.28. The normalized spacial score (nSPS) is 12.4. The van der Waals surface area contributed by atoms with E-state index in [2.05, 4.69) is 10.3 Å². The number of hydrogen-bond donors (Lipinski definition) is 1. The molecule has 17 heavy (non-hydrogen) atoms. The van der Waals surface area contributed by atoms with E-state index in [0.29, 0.717) is 11.4 Å². The molecule has 0 bridgehead atoms. The Labute approximate surface area is 96.5 Å². The van der Waals surface area contributed by atoms with Gasteiger partial charge < -0.3 is 5.11 Å². The summed E-state index contributed by atoms with van der Waals surface area (Å²) in [5.74, 6) is 0. The van der Waals surface area contributed by atoms with Gasteiger partial charge in [-0.1, -0.05) is 17.3 Å². The Kier molecular flexibility index (Phi) is 2.84. The van der Waals surface area contributed by atoms with Crippen LogP contribution in [0.1, 0.15) is 18.7 Å². The standard InChI is InChI=1S/C10H10N4O3/c1-7(15)8-6-13(12-11-8)9-4-2-3-5-10(9)14(16)17/h2-7,15H,1H3. The first-order valence-corrected chi connectivity index (χ1v) is 4.93. The van der Waals surface area contributed by atoms with Gasteiger partial charge in [0.2, 0.25) is 0 Å². The van der Waals surface area contributed by atoms with Crippen LogP contribution in [-0.4, -0.2) is 25.0 Å².